The Morgan fingerprint density at radius 2 is 1.94 bits per heavy atom. The fourth-order valence-corrected chi connectivity index (χ4v) is 2.01. The second-order valence-corrected chi connectivity index (χ2v) is 4.01. The van der Waals surface area contributed by atoms with Gasteiger partial charge >= 0.3 is 0 Å². The van der Waals surface area contributed by atoms with E-state index in [1.165, 1.54) is 27.8 Å². The van der Waals surface area contributed by atoms with Gasteiger partial charge < -0.3 is 0 Å². The van der Waals surface area contributed by atoms with Crippen molar-refractivity contribution in [2.24, 2.45) is 4.99 Å². The zero-order chi connectivity index (χ0) is 12.1. The lowest BCUT2D eigenvalue weighted by atomic mass is 9.93. The number of hydrogen-bond donors (Lipinski definition) is 0. The number of aryl methyl sites for hydroxylation is 1. The first-order chi connectivity index (χ1) is 7.65. The summed E-state index contributed by atoms with van der Waals surface area (Å²) in [5.74, 6) is 0. The summed E-state index contributed by atoms with van der Waals surface area (Å²) in [5, 5.41) is 0. The van der Waals surface area contributed by atoms with Crippen molar-refractivity contribution in [2.45, 2.75) is 34.1 Å². The monoisotopic (exact) mass is 215 g/mol. The molecule has 0 aromatic heterocycles. The van der Waals surface area contributed by atoms with Gasteiger partial charge in [-0.3, -0.25) is 4.99 Å². The highest BCUT2D eigenvalue weighted by molar-refractivity contribution is 6.10. The molecule has 0 heterocycles. The molecule has 1 aromatic carbocycles. The van der Waals surface area contributed by atoms with E-state index in [2.05, 4.69) is 50.9 Å². The first kappa shape index (κ1) is 12.7. The van der Waals surface area contributed by atoms with Crippen molar-refractivity contribution in [3.8, 4) is 0 Å². The van der Waals surface area contributed by atoms with Crippen LogP contribution in [0, 0.1) is 13.8 Å². The summed E-state index contributed by atoms with van der Waals surface area (Å²) in [6.07, 6.45) is 5.13. The van der Waals surface area contributed by atoms with E-state index < -0.39 is 0 Å². The summed E-state index contributed by atoms with van der Waals surface area (Å²) in [6, 6.07) is 4.43. The van der Waals surface area contributed by atoms with Crippen molar-refractivity contribution in [3.63, 3.8) is 0 Å². The Hall–Kier alpha value is -1.37. The number of rotatable bonds is 3. The molecule has 0 radical (unpaired) electrons. The lowest BCUT2D eigenvalue weighted by molar-refractivity contribution is 1.09. The van der Waals surface area contributed by atoms with Gasteiger partial charge in [0.25, 0.3) is 0 Å². The highest BCUT2D eigenvalue weighted by Crippen LogP contribution is 2.23. The topological polar surface area (TPSA) is 12.4 Å². The minimum absolute atomic E-state index is 1.10. The van der Waals surface area contributed by atoms with Gasteiger partial charge in [-0.15, -0.1) is 0 Å². The lowest BCUT2D eigenvalue weighted by Gasteiger charge is -2.12. The molecule has 1 heteroatoms. The van der Waals surface area contributed by atoms with E-state index in [1.54, 1.807) is 0 Å². The number of allylic oxidation sites excluding steroid dienone is 2. The van der Waals surface area contributed by atoms with Crippen molar-refractivity contribution in [1.82, 2.24) is 0 Å². The zero-order valence-electron chi connectivity index (χ0n) is 11.0. The van der Waals surface area contributed by atoms with Gasteiger partial charge in [0.2, 0.25) is 0 Å². The van der Waals surface area contributed by atoms with Gasteiger partial charge in [-0.25, -0.2) is 0 Å². The predicted molar refractivity (Wildman–Crippen MR) is 73.4 cm³/mol. The molecule has 16 heavy (non-hydrogen) atoms. The maximum Gasteiger partial charge on any atom is 0.0284 e. The second-order valence-electron chi connectivity index (χ2n) is 4.01. The molecule has 0 saturated heterocycles. The van der Waals surface area contributed by atoms with Gasteiger partial charge in [-0.1, -0.05) is 25.1 Å². The van der Waals surface area contributed by atoms with Crippen LogP contribution in [0.1, 0.15) is 36.1 Å². The van der Waals surface area contributed by atoms with Crippen LogP contribution in [-0.4, -0.2) is 13.3 Å². The maximum atomic E-state index is 4.10. The van der Waals surface area contributed by atoms with Crippen molar-refractivity contribution in [2.75, 3.05) is 7.05 Å². The molecule has 0 saturated carbocycles. The van der Waals surface area contributed by atoms with Crippen molar-refractivity contribution >= 4 is 11.8 Å². The van der Waals surface area contributed by atoms with Crippen LogP contribution < -0.4 is 0 Å². The zero-order valence-corrected chi connectivity index (χ0v) is 11.0. The summed E-state index contributed by atoms with van der Waals surface area (Å²) in [7, 11) is 1.81. The van der Waals surface area contributed by atoms with Gasteiger partial charge in [0, 0.05) is 13.3 Å². The van der Waals surface area contributed by atoms with Crippen molar-refractivity contribution in [1.29, 1.82) is 0 Å². The van der Waals surface area contributed by atoms with E-state index in [4.69, 9.17) is 0 Å². The van der Waals surface area contributed by atoms with Gasteiger partial charge in [0.15, 0.2) is 0 Å². The number of nitrogens with zero attached hydrogens (tertiary/aromatic N) is 1. The molecule has 0 atom stereocenters. The van der Waals surface area contributed by atoms with Gasteiger partial charge in [0.1, 0.15) is 0 Å². The standard InChI is InChI=1S/C15H21N/c1-6-13-8-9-15(12(4)11(13)3)14(7-2)10-16-5/h7-10H,6H2,1-5H3/b14-7+,16-10?. The van der Waals surface area contributed by atoms with Crippen LogP contribution >= 0.6 is 0 Å². The van der Waals surface area contributed by atoms with Crippen LogP contribution in [0.15, 0.2) is 23.2 Å². The molecule has 1 rings (SSSR count). The van der Waals surface area contributed by atoms with E-state index >= 15 is 0 Å². The van der Waals surface area contributed by atoms with E-state index in [0.717, 1.165) is 6.42 Å². The molecule has 0 unspecified atom stereocenters. The van der Waals surface area contributed by atoms with Crippen LogP contribution in [-0.2, 0) is 6.42 Å². The smallest absolute Gasteiger partial charge is 0.0284 e. The van der Waals surface area contributed by atoms with Gasteiger partial charge in [0.05, 0.1) is 0 Å². The maximum absolute atomic E-state index is 4.10. The number of hydrogen-bond acceptors (Lipinski definition) is 1. The van der Waals surface area contributed by atoms with E-state index in [1.807, 2.05) is 13.3 Å². The minimum Gasteiger partial charge on any atom is -0.296 e. The molecule has 0 aliphatic rings. The average Bonchev–Trinajstić information content (AvgIpc) is 2.30. The second kappa shape index (κ2) is 5.64. The predicted octanol–water partition coefficient (Wildman–Crippen LogP) is 3.97. The molecule has 1 aromatic rings. The Bertz CT molecular complexity index is 425. The summed E-state index contributed by atoms with van der Waals surface area (Å²) in [4.78, 5) is 4.10. The molecule has 0 amide bonds. The Morgan fingerprint density at radius 1 is 1.25 bits per heavy atom. The molecule has 0 fully saturated rings. The Morgan fingerprint density at radius 3 is 2.44 bits per heavy atom. The number of aliphatic imine (C=N–C) groups is 1. The van der Waals surface area contributed by atoms with Crippen LogP contribution in [0.3, 0.4) is 0 Å². The third-order valence-electron chi connectivity index (χ3n) is 3.17. The van der Waals surface area contributed by atoms with E-state index in [9.17, 15) is 0 Å². The van der Waals surface area contributed by atoms with Crippen LogP contribution in [0.5, 0.6) is 0 Å². The molecule has 1 nitrogen and oxygen atoms in total. The third kappa shape index (κ3) is 2.41. The summed E-state index contributed by atoms with van der Waals surface area (Å²) in [5.41, 5.74) is 6.70. The fourth-order valence-electron chi connectivity index (χ4n) is 2.01. The summed E-state index contributed by atoms with van der Waals surface area (Å²) < 4.78 is 0. The molecule has 0 aliphatic carbocycles. The first-order valence-corrected chi connectivity index (χ1v) is 5.83. The fraction of sp³-hybridized carbons (Fsp3) is 0.400. The Balaban J connectivity index is 3.31. The molecule has 86 valence electrons. The van der Waals surface area contributed by atoms with Crippen molar-refractivity contribution in [3.05, 3.63) is 40.5 Å². The lowest BCUT2D eigenvalue weighted by Crippen LogP contribution is -1.97. The summed E-state index contributed by atoms with van der Waals surface area (Å²) >= 11 is 0. The van der Waals surface area contributed by atoms with Crippen LogP contribution in [0.4, 0.5) is 0 Å². The third-order valence-corrected chi connectivity index (χ3v) is 3.17. The Kier molecular flexibility index (Phi) is 4.48. The van der Waals surface area contributed by atoms with E-state index in [-0.39, 0.29) is 0 Å². The molecule has 0 bridgehead atoms. The molecule has 0 N–H and O–H groups in total. The highest BCUT2D eigenvalue weighted by Gasteiger charge is 2.07. The number of benzene rings is 1. The SMILES string of the molecule is C/C=C(\C=NC)c1ccc(CC)c(C)c1C. The Labute approximate surface area is 98.9 Å². The normalized spacial score (nSPS) is 12.4. The highest BCUT2D eigenvalue weighted by atomic mass is 14.6. The van der Waals surface area contributed by atoms with Crippen LogP contribution in [0.2, 0.25) is 0 Å². The van der Waals surface area contributed by atoms with Gasteiger partial charge in [-0.2, -0.15) is 0 Å². The van der Waals surface area contributed by atoms with E-state index in [0.29, 0.717) is 0 Å². The summed E-state index contributed by atoms with van der Waals surface area (Å²) in [6.45, 7) is 8.65. The minimum atomic E-state index is 1.10. The molecular weight excluding hydrogens is 194 g/mol. The quantitative estimate of drug-likeness (QED) is 0.676. The van der Waals surface area contributed by atoms with Crippen LogP contribution in [0.25, 0.3) is 5.57 Å². The largest absolute Gasteiger partial charge is 0.296 e. The molecule has 0 aliphatic heterocycles. The average molecular weight is 215 g/mol. The van der Waals surface area contributed by atoms with Crippen molar-refractivity contribution < 1.29 is 0 Å². The molecular formula is C15H21N. The molecule has 0 spiro atoms. The first-order valence-electron chi connectivity index (χ1n) is 5.83. The van der Waals surface area contributed by atoms with Gasteiger partial charge in [-0.05, 0) is 55.0 Å².